The van der Waals surface area contributed by atoms with Crippen LogP contribution in [-0.2, 0) is 11.3 Å². The zero-order valence-corrected chi connectivity index (χ0v) is 19.1. The average molecular weight is 443 g/mol. The Labute approximate surface area is 193 Å². The summed E-state index contributed by atoms with van der Waals surface area (Å²) < 4.78 is 2.05. The lowest BCUT2D eigenvalue weighted by Crippen LogP contribution is -2.33. The number of rotatable bonds is 8. The summed E-state index contributed by atoms with van der Waals surface area (Å²) in [7, 11) is 1.87. The van der Waals surface area contributed by atoms with Crippen molar-refractivity contribution in [2.75, 3.05) is 12.8 Å². The van der Waals surface area contributed by atoms with E-state index in [1.165, 1.54) is 11.8 Å². The summed E-state index contributed by atoms with van der Waals surface area (Å²) in [4.78, 5) is 15.1. The molecule has 0 aliphatic carbocycles. The topological polar surface area (TPSA) is 51.0 Å². The van der Waals surface area contributed by atoms with E-state index >= 15 is 0 Å². The number of aromatic nitrogens is 3. The van der Waals surface area contributed by atoms with E-state index < -0.39 is 0 Å². The molecule has 0 saturated carbocycles. The fraction of sp³-hybridized carbons (Fsp3) is 0.192. The molecule has 32 heavy (non-hydrogen) atoms. The number of thioether (sulfide) groups is 1. The van der Waals surface area contributed by atoms with Gasteiger partial charge in [-0.2, -0.15) is 0 Å². The Morgan fingerprint density at radius 2 is 1.41 bits per heavy atom. The second kappa shape index (κ2) is 10.3. The van der Waals surface area contributed by atoms with Crippen LogP contribution in [0.25, 0.3) is 11.4 Å². The molecule has 0 radical (unpaired) electrons. The molecule has 4 rings (SSSR count). The van der Waals surface area contributed by atoms with Gasteiger partial charge in [-0.3, -0.25) is 4.79 Å². The fourth-order valence-corrected chi connectivity index (χ4v) is 4.69. The standard InChI is InChI=1S/C26H26N4OS/c1-3-30-25(22-17-11-6-12-18-22)27-28-26(30)32-19-23(31)29(2)24(20-13-7-4-8-14-20)21-15-9-5-10-16-21/h4-18,24H,3,19H2,1-2H3. The third-order valence-electron chi connectivity index (χ3n) is 5.40. The van der Waals surface area contributed by atoms with Crippen molar-refractivity contribution in [3.63, 3.8) is 0 Å². The average Bonchev–Trinajstić information content (AvgIpc) is 3.27. The van der Waals surface area contributed by atoms with Crippen LogP contribution in [0.4, 0.5) is 0 Å². The number of hydrogen-bond donors (Lipinski definition) is 0. The van der Waals surface area contributed by atoms with E-state index in [1.54, 1.807) is 0 Å². The Balaban J connectivity index is 1.53. The fourth-order valence-electron chi connectivity index (χ4n) is 3.76. The number of benzene rings is 3. The van der Waals surface area contributed by atoms with Crippen LogP contribution < -0.4 is 0 Å². The quantitative estimate of drug-likeness (QED) is 0.347. The first-order chi connectivity index (χ1) is 15.7. The SMILES string of the molecule is CCn1c(SCC(=O)N(C)C(c2ccccc2)c2ccccc2)nnc1-c1ccccc1. The van der Waals surface area contributed by atoms with Crippen molar-refractivity contribution in [2.45, 2.75) is 24.7 Å². The van der Waals surface area contributed by atoms with E-state index in [9.17, 15) is 4.79 Å². The van der Waals surface area contributed by atoms with Crippen LogP contribution in [0.1, 0.15) is 24.1 Å². The summed E-state index contributed by atoms with van der Waals surface area (Å²) in [6.07, 6.45) is 0. The minimum absolute atomic E-state index is 0.0413. The first-order valence-electron chi connectivity index (χ1n) is 10.7. The minimum Gasteiger partial charge on any atom is -0.334 e. The molecule has 0 aliphatic rings. The molecule has 6 heteroatoms. The van der Waals surface area contributed by atoms with Gasteiger partial charge >= 0.3 is 0 Å². The summed E-state index contributed by atoms with van der Waals surface area (Å²) in [6.45, 7) is 2.80. The molecule has 1 amide bonds. The van der Waals surface area contributed by atoms with Crippen LogP contribution in [0.15, 0.2) is 96.2 Å². The molecule has 5 nitrogen and oxygen atoms in total. The van der Waals surface area contributed by atoms with Crippen LogP contribution >= 0.6 is 11.8 Å². The van der Waals surface area contributed by atoms with Gasteiger partial charge in [-0.25, -0.2) is 0 Å². The van der Waals surface area contributed by atoms with Crippen LogP contribution in [0.3, 0.4) is 0 Å². The van der Waals surface area contributed by atoms with E-state index in [0.29, 0.717) is 5.75 Å². The zero-order chi connectivity index (χ0) is 22.3. The van der Waals surface area contributed by atoms with E-state index in [2.05, 4.69) is 46.0 Å². The van der Waals surface area contributed by atoms with Crippen molar-refractivity contribution < 1.29 is 4.79 Å². The number of hydrogen-bond acceptors (Lipinski definition) is 4. The van der Waals surface area contributed by atoms with Gasteiger partial charge < -0.3 is 9.47 Å². The second-order valence-corrected chi connectivity index (χ2v) is 8.38. The summed E-state index contributed by atoms with van der Waals surface area (Å²) >= 11 is 1.43. The Bertz CT molecular complexity index is 1110. The maximum atomic E-state index is 13.2. The van der Waals surface area contributed by atoms with Gasteiger partial charge in [-0.1, -0.05) is 103 Å². The van der Waals surface area contributed by atoms with Crippen molar-refractivity contribution >= 4 is 17.7 Å². The molecular formula is C26H26N4OS. The van der Waals surface area contributed by atoms with E-state index in [-0.39, 0.29) is 11.9 Å². The molecule has 0 bridgehead atoms. The van der Waals surface area contributed by atoms with E-state index in [0.717, 1.165) is 34.2 Å². The largest absolute Gasteiger partial charge is 0.334 e. The normalized spacial score (nSPS) is 11.0. The lowest BCUT2D eigenvalue weighted by molar-refractivity contribution is -0.128. The first-order valence-corrected chi connectivity index (χ1v) is 11.6. The monoisotopic (exact) mass is 442 g/mol. The Kier molecular flexibility index (Phi) is 7.02. The Morgan fingerprint density at radius 3 is 1.94 bits per heavy atom. The third kappa shape index (κ3) is 4.75. The molecule has 162 valence electrons. The van der Waals surface area contributed by atoms with Crippen LogP contribution in [0.5, 0.6) is 0 Å². The summed E-state index contributed by atoms with van der Waals surface area (Å²) in [5, 5.41) is 9.49. The molecule has 1 aromatic heterocycles. The van der Waals surface area contributed by atoms with Gasteiger partial charge in [0.05, 0.1) is 11.8 Å². The van der Waals surface area contributed by atoms with Crippen LogP contribution in [0, 0.1) is 0 Å². The molecule has 1 heterocycles. The molecule has 3 aromatic carbocycles. The Hall–Kier alpha value is -3.38. The van der Waals surface area contributed by atoms with Gasteiger partial charge in [0.15, 0.2) is 11.0 Å². The zero-order valence-electron chi connectivity index (χ0n) is 18.3. The molecule has 0 fully saturated rings. The summed E-state index contributed by atoms with van der Waals surface area (Å²) in [5.74, 6) is 1.15. The smallest absolute Gasteiger partial charge is 0.233 e. The third-order valence-corrected chi connectivity index (χ3v) is 6.35. The van der Waals surface area contributed by atoms with Crippen molar-refractivity contribution in [1.82, 2.24) is 19.7 Å². The molecule has 4 aromatic rings. The van der Waals surface area contributed by atoms with Gasteiger partial charge in [-0.15, -0.1) is 10.2 Å². The van der Waals surface area contributed by atoms with E-state index in [1.807, 2.05) is 78.7 Å². The molecule has 0 N–H and O–H groups in total. The van der Waals surface area contributed by atoms with Gasteiger partial charge in [0.2, 0.25) is 5.91 Å². The molecule has 0 unspecified atom stereocenters. The molecule has 0 atom stereocenters. The van der Waals surface area contributed by atoms with Crippen molar-refractivity contribution in [1.29, 1.82) is 0 Å². The minimum atomic E-state index is -0.144. The number of nitrogens with zero attached hydrogens (tertiary/aromatic N) is 4. The second-order valence-electron chi connectivity index (χ2n) is 7.43. The predicted molar refractivity (Wildman–Crippen MR) is 129 cm³/mol. The summed E-state index contributed by atoms with van der Waals surface area (Å²) in [6, 6.07) is 30.1. The highest BCUT2D eigenvalue weighted by Crippen LogP contribution is 2.29. The maximum absolute atomic E-state index is 13.2. The molecule has 0 spiro atoms. The van der Waals surface area contributed by atoms with Gasteiger partial charge in [-0.05, 0) is 18.1 Å². The molecular weight excluding hydrogens is 416 g/mol. The molecule has 0 saturated heterocycles. The van der Waals surface area contributed by atoms with E-state index in [4.69, 9.17) is 0 Å². The van der Waals surface area contributed by atoms with Gasteiger partial charge in [0, 0.05) is 19.2 Å². The van der Waals surface area contributed by atoms with Crippen molar-refractivity contribution in [3.05, 3.63) is 102 Å². The Morgan fingerprint density at radius 1 is 0.875 bits per heavy atom. The highest BCUT2D eigenvalue weighted by Gasteiger charge is 2.24. The van der Waals surface area contributed by atoms with Gasteiger partial charge in [0.25, 0.3) is 0 Å². The highest BCUT2D eigenvalue weighted by molar-refractivity contribution is 7.99. The highest BCUT2D eigenvalue weighted by atomic mass is 32.2. The van der Waals surface area contributed by atoms with Gasteiger partial charge in [0.1, 0.15) is 0 Å². The molecule has 0 aliphatic heterocycles. The van der Waals surface area contributed by atoms with Crippen LogP contribution in [-0.4, -0.2) is 38.4 Å². The number of carbonyl (C=O) groups excluding carboxylic acids is 1. The van der Waals surface area contributed by atoms with Crippen LogP contribution in [0.2, 0.25) is 0 Å². The lowest BCUT2D eigenvalue weighted by atomic mass is 9.97. The van der Waals surface area contributed by atoms with Crippen molar-refractivity contribution in [2.24, 2.45) is 0 Å². The lowest BCUT2D eigenvalue weighted by Gasteiger charge is -2.29. The summed E-state index contributed by atoms with van der Waals surface area (Å²) in [5.41, 5.74) is 3.19. The maximum Gasteiger partial charge on any atom is 0.233 e. The number of carbonyl (C=O) groups is 1. The number of amides is 1. The van der Waals surface area contributed by atoms with Crippen molar-refractivity contribution in [3.8, 4) is 11.4 Å². The predicted octanol–water partition coefficient (Wildman–Crippen LogP) is 5.31. The first kappa shape index (κ1) is 21.8.